The molecule has 0 spiro atoms. The van der Waals surface area contributed by atoms with Crippen molar-refractivity contribution in [1.29, 1.82) is 0 Å². The molecule has 0 fully saturated rings. The molecule has 18 heavy (non-hydrogen) atoms. The SMILES string of the molecule is CCCCCN(C)S(=O)(=O)c1ncccc1NN. The number of rotatable bonds is 7. The molecule has 6 nitrogen and oxygen atoms in total. The van der Waals surface area contributed by atoms with Gasteiger partial charge in [-0.2, -0.15) is 4.31 Å². The van der Waals surface area contributed by atoms with Crippen molar-refractivity contribution < 1.29 is 8.42 Å². The average Bonchev–Trinajstić information content (AvgIpc) is 2.38. The van der Waals surface area contributed by atoms with Gasteiger partial charge in [0.2, 0.25) is 0 Å². The van der Waals surface area contributed by atoms with Crippen LogP contribution in [0.25, 0.3) is 0 Å². The Morgan fingerprint density at radius 3 is 2.78 bits per heavy atom. The molecule has 0 aromatic carbocycles. The van der Waals surface area contributed by atoms with Crippen molar-refractivity contribution in [3.05, 3.63) is 18.3 Å². The third-order valence-electron chi connectivity index (χ3n) is 2.66. The molecule has 1 aromatic heterocycles. The Bertz CT molecular complexity index is 476. The summed E-state index contributed by atoms with van der Waals surface area (Å²) in [6, 6.07) is 3.21. The van der Waals surface area contributed by atoms with Crippen LogP contribution >= 0.6 is 0 Å². The third kappa shape index (κ3) is 3.41. The molecule has 3 N–H and O–H groups in total. The van der Waals surface area contributed by atoms with E-state index in [1.165, 1.54) is 10.5 Å². The number of pyridine rings is 1. The number of unbranched alkanes of at least 4 members (excludes halogenated alkanes) is 2. The van der Waals surface area contributed by atoms with Crippen molar-refractivity contribution in [2.24, 2.45) is 5.84 Å². The minimum atomic E-state index is -3.58. The average molecular weight is 272 g/mol. The maximum Gasteiger partial charge on any atom is 0.262 e. The molecule has 0 unspecified atom stereocenters. The van der Waals surface area contributed by atoms with Crippen LogP contribution in [0.4, 0.5) is 5.69 Å². The minimum Gasteiger partial charge on any atom is -0.321 e. The molecule has 0 amide bonds. The lowest BCUT2D eigenvalue weighted by molar-refractivity contribution is 0.452. The lowest BCUT2D eigenvalue weighted by Gasteiger charge is -2.17. The van der Waals surface area contributed by atoms with Crippen molar-refractivity contribution in [2.75, 3.05) is 19.0 Å². The van der Waals surface area contributed by atoms with Crippen molar-refractivity contribution in [1.82, 2.24) is 9.29 Å². The maximum absolute atomic E-state index is 12.3. The Morgan fingerprint density at radius 1 is 1.44 bits per heavy atom. The van der Waals surface area contributed by atoms with Crippen molar-refractivity contribution >= 4 is 15.7 Å². The zero-order valence-corrected chi connectivity index (χ0v) is 11.6. The van der Waals surface area contributed by atoms with Gasteiger partial charge in [-0.3, -0.25) is 5.84 Å². The number of hydrogen-bond acceptors (Lipinski definition) is 5. The summed E-state index contributed by atoms with van der Waals surface area (Å²) < 4.78 is 25.9. The molecule has 0 aliphatic heterocycles. The number of hydrogen-bond donors (Lipinski definition) is 2. The van der Waals surface area contributed by atoms with E-state index in [0.29, 0.717) is 12.2 Å². The Balaban J connectivity index is 2.91. The van der Waals surface area contributed by atoms with Crippen molar-refractivity contribution in [3.63, 3.8) is 0 Å². The first kappa shape index (κ1) is 14.9. The second-order valence-electron chi connectivity index (χ2n) is 4.03. The van der Waals surface area contributed by atoms with E-state index in [1.807, 2.05) is 0 Å². The van der Waals surface area contributed by atoms with Gasteiger partial charge >= 0.3 is 0 Å². The van der Waals surface area contributed by atoms with Crippen LogP contribution in [0.2, 0.25) is 0 Å². The fourth-order valence-electron chi connectivity index (χ4n) is 1.56. The Labute approximate surface area is 108 Å². The van der Waals surface area contributed by atoms with Crippen LogP contribution in [0, 0.1) is 0 Å². The van der Waals surface area contributed by atoms with Crippen LogP contribution in [0.3, 0.4) is 0 Å². The van der Waals surface area contributed by atoms with Crippen molar-refractivity contribution in [2.45, 2.75) is 31.2 Å². The fourth-order valence-corrected chi connectivity index (χ4v) is 2.82. The largest absolute Gasteiger partial charge is 0.321 e. The number of sulfonamides is 1. The molecule has 0 radical (unpaired) electrons. The van der Waals surface area contributed by atoms with Gasteiger partial charge < -0.3 is 5.43 Å². The normalized spacial score (nSPS) is 11.8. The predicted octanol–water partition coefficient (Wildman–Crippen LogP) is 1.18. The fraction of sp³-hybridized carbons (Fsp3) is 0.545. The number of nitrogens with zero attached hydrogens (tertiary/aromatic N) is 2. The van der Waals surface area contributed by atoms with Crippen LogP contribution < -0.4 is 11.3 Å². The number of nitrogens with one attached hydrogen (secondary N) is 1. The van der Waals surface area contributed by atoms with Crippen LogP contribution in [-0.2, 0) is 10.0 Å². The van der Waals surface area contributed by atoms with Crippen LogP contribution in [0.15, 0.2) is 23.4 Å². The number of nitrogen functional groups attached to an aromatic ring is 1. The highest BCUT2D eigenvalue weighted by Gasteiger charge is 2.24. The van der Waals surface area contributed by atoms with Gasteiger partial charge in [0.15, 0.2) is 5.03 Å². The molecule has 0 bridgehead atoms. The first-order valence-electron chi connectivity index (χ1n) is 5.92. The maximum atomic E-state index is 12.3. The molecule has 1 rings (SSSR count). The van der Waals surface area contributed by atoms with Gasteiger partial charge in [0.1, 0.15) is 0 Å². The minimum absolute atomic E-state index is 0.0356. The number of nitrogens with two attached hydrogens (primary N) is 1. The Morgan fingerprint density at radius 2 is 2.17 bits per heavy atom. The molecule has 1 aromatic rings. The molecule has 7 heteroatoms. The zero-order chi connectivity index (χ0) is 13.6. The number of anilines is 1. The molecular weight excluding hydrogens is 252 g/mol. The lowest BCUT2D eigenvalue weighted by atomic mass is 10.2. The van der Waals surface area contributed by atoms with E-state index in [2.05, 4.69) is 17.3 Å². The van der Waals surface area contributed by atoms with E-state index in [-0.39, 0.29) is 5.03 Å². The predicted molar refractivity (Wildman–Crippen MR) is 71.4 cm³/mol. The second kappa shape index (κ2) is 6.67. The van der Waals surface area contributed by atoms with Crippen LogP contribution in [-0.4, -0.2) is 31.3 Å². The molecule has 0 atom stereocenters. The third-order valence-corrected chi connectivity index (χ3v) is 4.48. The Kier molecular flexibility index (Phi) is 5.52. The molecule has 0 aliphatic carbocycles. The topological polar surface area (TPSA) is 88.3 Å². The standard InChI is InChI=1S/C11H20N4O2S/c1-3-4-5-9-15(2)18(16,17)11-10(14-12)7-6-8-13-11/h6-8,14H,3-5,9,12H2,1-2H3. The van der Waals surface area contributed by atoms with E-state index in [1.54, 1.807) is 19.2 Å². The van der Waals surface area contributed by atoms with Gasteiger partial charge in [-0.05, 0) is 18.6 Å². The van der Waals surface area contributed by atoms with E-state index in [4.69, 9.17) is 5.84 Å². The number of aromatic nitrogens is 1. The first-order valence-corrected chi connectivity index (χ1v) is 7.36. The molecule has 0 saturated carbocycles. The number of hydrazine groups is 1. The summed E-state index contributed by atoms with van der Waals surface area (Å²) in [5.41, 5.74) is 2.66. The van der Waals surface area contributed by atoms with E-state index in [0.717, 1.165) is 19.3 Å². The molecule has 0 saturated heterocycles. The van der Waals surface area contributed by atoms with Gasteiger partial charge in [-0.25, -0.2) is 13.4 Å². The first-order chi connectivity index (χ1) is 8.54. The van der Waals surface area contributed by atoms with Gasteiger partial charge in [0.25, 0.3) is 10.0 Å². The highest BCUT2D eigenvalue weighted by atomic mass is 32.2. The summed E-state index contributed by atoms with van der Waals surface area (Å²) >= 11 is 0. The molecule has 1 heterocycles. The molecular formula is C11H20N4O2S. The summed E-state index contributed by atoms with van der Waals surface area (Å²) in [5, 5.41) is -0.0356. The van der Waals surface area contributed by atoms with Crippen LogP contribution in [0.5, 0.6) is 0 Å². The summed E-state index contributed by atoms with van der Waals surface area (Å²) in [6.07, 6.45) is 4.33. The van der Waals surface area contributed by atoms with E-state index in [9.17, 15) is 8.42 Å². The lowest BCUT2D eigenvalue weighted by Crippen LogP contribution is -2.29. The van der Waals surface area contributed by atoms with E-state index >= 15 is 0 Å². The second-order valence-corrected chi connectivity index (χ2v) is 5.99. The summed E-state index contributed by atoms with van der Waals surface area (Å²) in [7, 11) is -2.03. The monoisotopic (exact) mass is 272 g/mol. The Hall–Kier alpha value is -1.18. The molecule has 0 aliphatic rings. The van der Waals surface area contributed by atoms with Gasteiger partial charge in [0.05, 0.1) is 5.69 Å². The molecule has 102 valence electrons. The van der Waals surface area contributed by atoms with Gasteiger partial charge in [-0.1, -0.05) is 19.8 Å². The smallest absolute Gasteiger partial charge is 0.262 e. The summed E-state index contributed by atoms with van der Waals surface area (Å²) in [6.45, 7) is 2.56. The quantitative estimate of drug-likeness (QED) is 0.442. The zero-order valence-electron chi connectivity index (χ0n) is 10.8. The highest BCUT2D eigenvalue weighted by Crippen LogP contribution is 2.20. The van der Waals surface area contributed by atoms with Gasteiger partial charge in [-0.15, -0.1) is 0 Å². The van der Waals surface area contributed by atoms with Crippen molar-refractivity contribution in [3.8, 4) is 0 Å². The van der Waals surface area contributed by atoms with Crippen LogP contribution in [0.1, 0.15) is 26.2 Å². The van der Waals surface area contributed by atoms with Gasteiger partial charge in [0, 0.05) is 19.8 Å². The van der Waals surface area contributed by atoms with E-state index < -0.39 is 10.0 Å². The summed E-state index contributed by atoms with van der Waals surface area (Å²) in [5.74, 6) is 5.30. The summed E-state index contributed by atoms with van der Waals surface area (Å²) in [4.78, 5) is 3.90. The highest BCUT2D eigenvalue weighted by molar-refractivity contribution is 7.89.